The summed E-state index contributed by atoms with van der Waals surface area (Å²) in [5.41, 5.74) is 0.143. The van der Waals surface area contributed by atoms with Gasteiger partial charge in [-0.2, -0.15) is 0 Å². The first kappa shape index (κ1) is 10.5. The first-order valence-electron chi connectivity index (χ1n) is 5.77. The highest BCUT2D eigenvalue weighted by Gasteiger charge is 2.16. The Morgan fingerprint density at radius 2 is 2.00 bits per heavy atom. The Morgan fingerprint density at radius 3 is 2.53 bits per heavy atom. The maximum absolute atomic E-state index is 11.8. The second kappa shape index (κ2) is 4.66. The Bertz CT molecular complexity index is 362. The van der Waals surface area contributed by atoms with Gasteiger partial charge in [0.25, 0.3) is 0 Å². The number of nitrogens with one attached hydrogen (secondary N) is 1. The molecule has 0 radical (unpaired) electrons. The Morgan fingerprint density at radius 1 is 1.33 bits per heavy atom. The Labute approximate surface area is 89.9 Å². The molecule has 0 spiro atoms. The second-order valence-corrected chi connectivity index (χ2v) is 4.28. The van der Waals surface area contributed by atoms with Crippen molar-refractivity contribution in [3.05, 3.63) is 22.9 Å². The van der Waals surface area contributed by atoms with Gasteiger partial charge in [0.15, 0.2) is 0 Å². The molecule has 1 aromatic heterocycles. The molecule has 0 bridgehead atoms. The van der Waals surface area contributed by atoms with Crippen LogP contribution in [0.1, 0.15) is 19.8 Å². The van der Waals surface area contributed by atoms with Gasteiger partial charge in [-0.05, 0) is 31.8 Å². The normalized spacial score (nSPS) is 16.6. The molecule has 4 nitrogen and oxygen atoms in total. The third kappa shape index (κ3) is 2.31. The van der Waals surface area contributed by atoms with Gasteiger partial charge in [0.2, 0.25) is 0 Å². The minimum Gasteiger partial charge on any atom is -0.316 e. The van der Waals surface area contributed by atoms with Crippen LogP contribution in [0.3, 0.4) is 0 Å². The van der Waals surface area contributed by atoms with Crippen LogP contribution in [-0.4, -0.2) is 22.2 Å². The fourth-order valence-corrected chi connectivity index (χ4v) is 1.91. The van der Waals surface area contributed by atoms with Crippen molar-refractivity contribution in [2.75, 3.05) is 13.1 Å². The van der Waals surface area contributed by atoms with E-state index < -0.39 is 0 Å². The highest BCUT2D eigenvalue weighted by atomic mass is 16.1. The van der Waals surface area contributed by atoms with Crippen molar-refractivity contribution in [3.8, 4) is 0 Å². The van der Waals surface area contributed by atoms with E-state index in [1.807, 2.05) is 17.0 Å². The van der Waals surface area contributed by atoms with Crippen LogP contribution in [0.2, 0.25) is 0 Å². The van der Waals surface area contributed by atoms with Crippen molar-refractivity contribution >= 4 is 0 Å². The molecule has 15 heavy (non-hydrogen) atoms. The van der Waals surface area contributed by atoms with Gasteiger partial charge < -0.3 is 5.32 Å². The van der Waals surface area contributed by atoms with E-state index in [0.29, 0.717) is 0 Å². The largest absolute Gasteiger partial charge is 0.328 e. The zero-order valence-electron chi connectivity index (χ0n) is 9.28. The lowest BCUT2D eigenvalue weighted by Gasteiger charge is -2.26. The van der Waals surface area contributed by atoms with Gasteiger partial charge >= 0.3 is 5.69 Å². The van der Waals surface area contributed by atoms with Gasteiger partial charge in [-0.25, -0.2) is 4.79 Å². The van der Waals surface area contributed by atoms with Crippen LogP contribution in [0, 0.1) is 5.92 Å². The molecule has 1 N–H and O–H groups in total. The quantitative estimate of drug-likeness (QED) is 0.774. The summed E-state index contributed by atoms with van der Waals surface area (Å²) in [4.78, 5) is 11.8. The smallest absolute Gasteiger partial charge is 0.316 e. The van der Waals surface area contributed by atoms with E-state index in [9.17, 15) is 4.79 Å². The molecule has 2 rings (SSSR count). The van der Waals surface area contributed by atoms with E-state index in [1.165, 1.54) is 0 Å². The Hall–Kier alpha value is -1.03. The highest BCUT2D eigenvalue weighted by molar-refractivity contribution is 4.83. The summed E-state index contributed by atoms with van der Waals surface area (Å²) >= 11 is 0. The third-order valence-electron chi connectivity index (χ3n) is 3.03. The fraction of sp³-hybridized carbons (Fsp3) is 0.727. The molecular formula is C11H19N3O. The zero-order chi connectivity index (χ0) is 10.7. The molecule has 1 aromatic rings. The van der Waals surface area contributed by atoms with Crippen LogP contribution in [-0.2, 0) is 13.1 Å². The van der Waals surface area contributed by atoms with Crippen LogP contribution in [0.15, 0.2) is 17.2 Å². The van der Waals surface area contributed by atoms with E-state index in [1.54, 1.807) is 4.57 Å². The van der Waals surface area contributed by atoms with Gasteiger partial charge in [0.05, 0.1) is 0 Å². The molecule has 0 amide bonds. The van der Waals surface area contributed by atoms with Gasteiger partial charge in [-0.3, -0.25) is 9.13 Å². The Balaban J connectivity index is 1.92. The molecule has 1 fully saturated rings. The van der Waals surface area contributed by atoms with Crippen molar-refractivity contribution < 1.29 is 0 Å². The zero-order valence-corrected chi connectivity index (χ0v) is 9.28. The van der Waals surface area contributed by atoms with Gasteiger partial charge in [-0.1, -0.05) is 6.92 Å². The summed E-state index contributed by atoms with van der Waals surface area (Å²) < 4.78 is 3.62. The standard InChI is InChI=1S/C11H19N3O/c1-2-4-13-6-7-14(11(13)15)5-3-10-8-12-9-10/h6-7,10,12H,2-5,8-9H2,1H3. The molecule has 0 unspecified atom stereocenters. The van der Waals surface area contributed by atoms with Crippen molar-refractivity contribution in [1.29, 1.82) is 0 Å². The summed E-state index contributed by atoms with van der Waals surface area (Å²) in [6.07, 6.45) is 5.93. The first-order chi connectivity index (χ1) is 7.31. The lowest BCUT2D eigenvalue weighted by Crippen LogP contribution is -2.42. The molecular weight excluding hydrogens is 190 g/mol. The van der Waals surface area contributed by atoms with Gasteiger partial charge in [-0.15, -0.1) is 0 Å². The molecule has 1 aliphatic rings. The number of aryl methyl sites for hydroxylation is 2. The number of hydrogen-bond acceptors (Lipinski definition) is 2. The summed E-state index contributed by atoms with van der Waals surface area (Å²) in [6.45, 7) is 6.01. The van der Waals surface area contributed by atoms with Gasteiger partial charge in [0, 0.05) is 25.5 Å². The van der Waals surface area contributed by atoms with E-state index in [4.69, 9.17) is 0 Å². The highest BCUT2D eigenvalue weighted by Crippen LogP contribution is 2.08. The van der Waals surface area contributed by atoms with Gasteiger partial charge in [0.1, 0.15) is 0 Å². The SMILES string of the molecule is CCCn1ccn(CCC2CNC2)c1=O. The van der Waals surface area contributed by atoms with Crippen molar-refractivity contribution in [1.82, 2.24) is 14.5 Å². The summed E-state index contributed by atoms with van der Waals surface area (Å²) in [5, 5.41) is 3.25. The maximum Gasteiger partial charge on any atom is 0.328 e. The number of nitrogens with zero attached hydrogens (tertiary/aromatic N) is 2. The summed E-state index contributed by atoms with van der Waals surface area (Å²) in [7, 11) is 0. The molecule has 0 aromatic carbocycles. The minimum absolute atomic E-state index is 0.143. The van der Waals surface area contributed by atoms with Crippen LogP contribution < -0.4 is 11.0 Å². The predicted molar refractivity (Wildman–Crippen MR) is 60.0 cm³/mol. The second-order valence-electron chi connectivity index (χ2n) is 4.28. The van der Waals surface area contributed by atoms with Crippen molar-refractivity contribution in [2.24, 2.45) is 5.92 Å². The minimum atomic E-state index is 0.143. The van der Waals surface area contributed by atoms with Crippen LogP contribution in [0.25, 0.3) is 0 Å². The first-order valence-corrected chi connectivity index (χ1v) is 5.77. The lowest BCUT2D eigenvalue weighted by molar-refractivity contribution is 0.310. The molecule has 2 heterocycles. The third-order valence-corrected chi connectivity index (χ3v) is 3.03. The van der Waals surface area contributed by atoms with E-state index in [-0.39, 0.29) is 5.69 Å². The van der Waals surface area contributed by atoms with Crippen LogP contribution >= 0.6 is 0 Å². The van der Waals surface area contributed by atoms with E-state index >= 15 is 0 Å². The van der Waals surface area contributed by atoms with E-state index in [0.717, 1.165) is 44.9 Å². The predicted octanol–water partition coefficient (Wildman–Crippen LogP) is 0.669. The molecule has 1 saturated heterocycles. The molecule has 0 atom stereocenters. The number of hydrogen-bond donors (Lipinski definition) is 1. The monoisotopic (exact) mass is 209 g/mol. The summed E-state index contributed by atoms with van der Waals surface area (Å²) in [6, 6.07) is 0. The molecule has 84 valence electrons. The fourth-order valence-electron chi connectivity index (χ4n) is 1.91. The average Bonchev–Trinajstić information content (AvgIpc) is 2.48. The Kier molecular flexibility index (Phi) is 3.26. The molecule has 0 saturated carbocycles. The average molecular weight is 209 g/mol. The van der Waals surface area contributed by atoms with Crippen molar-refractivity contribution in [3.63, 3.8) is 0 Å². The van der Waals surface area contributed by atoms with Crippen molar-refractivity contribution in [2.45, 2.75) is 32.9 Å². The molecule has 0 aliphatic carbocycles. The molecule has 1 aliphatic heterocycles. The maximum atomic E-state index is 11.8. The van der Waals surface area contributed by atoms with Crippen LogP contribution in [0.4, 0.5) is 0 Å². The topological polar surface area (TPSA) is 39.0 Å². The lowest BCUT2D eigenvalue weighted by atomic mass is 10.00. The number of imidazole rings is 1. The number of aromatic nitrogens is 2. The van der Waals surface area contributed by atoms with Crippen LogP contribution in [0.5, 0.6) is 0 Å². The number of rotatable bonds is 5. The summed E-state index contributed by atoms with van der Waals surface area (Å²) in [5.74, 6) is 0.770. The molecule has 4 heteroatoms. The van der Waals surface area contributed by atoms with E-state index in [2.05, 4.69) is 12.2 Å².